The van der Waals surface area contributed by atoms with Gasteiger partial charge in [-0.1, -0.05) is 24.4 Å². The lowest BCUT2D eigenvalue weighted by Crippen LogP contribution is -2.39. The van der Waals surface area contributed by atoms with Crippen molar-refractivity contribution in [3.05, 3.63) is 47.1 Å². The number of nitrogens with one attached hydrogen (secondary N) is 1. The fourth-order valence-corrected chi connectivity index (χ4v) is 4.71. The van der Waals surface area contributed by atoms with E-state index >= 15 is 0 Å². The van der Waals surface area contributed by atoms with Crippen molar-refractivity contribution in [1.82, 2.24) is 14.8 Å². The molecule has 4 rings (SSSR count). The van der Waals surface area contributed by atoms with E-state index < -0.39 is 0 Å². The van der Waals surface area contributed by atoms with E-state index in [9.17, 15) is 9.59 Å². The number of fused-ring (bicyclic) bond motifs is 2. The predicted octanol–water partition coefficient (Wildman–Crippen LogP) is 4.58. The summed E-state index contributed by atoms with van der Waals surface area (Å²) in [5.74, 6) is -0.0311. The highest BCUT2D eigenvalue weighted by Crippen LogP contribution is 2.37. The maximum absolute atomic E-state index is 13.5. The van der Waals surface area contributed by atoms with E-state index in [1.807, 2.05) is 11.9 Å². The van der Waals surface area contributed by atoms with Gasteiger partial charge in [-0.3, -0.25) is 19.4 Å². The minimum Gasteiger partial charge on any atom is -0.319 e. The Morgan fingerprint density at radius 1 is 1.27 bits per heavy atom. The summed E-state index contributed by atoms with van der Waals surface area (Å²) in [4.78, 5) is 36.7. The maximum atomic E-state index is 13.5. The van der Waals surface area contributed by atoms with Crippen molar-refractivity contribution in [2.24, 2.45) is 0 Å². The normalized spacial score (nSPS) is 18.5. The molecule has 3 heterocycles. The smallest absolute Gasteiger partial charge is 0.257 e. The molecule has 178 valence electrons. The van der Waals surface area contributed by atoms with Gasteiger partial charge in [0.25, 0.3) is 5.91 Å². The number of pyridine rings is 1. The van der Waals surface area contributed by atoms with Crippen molar-refractivity contribution in [3.63, 3.8) is 0 Å². The molecule has 1 N–H and O–H groups in total. The Kier molecular flexibility index (Phi) is 8.70. The summed E-state index contributed by atoms with van der Waals surface area (Å²) in [6.45, 7) is 2.18. The highest BCUT2D eigenvalue weighted by Gasteiger charge is 2.31. The van der Waals surface area contributed by atoms with Gasteiger partial charge in [0.2, 0.25) is 5.91 Å². The summed E-state index contributed by atoms with van der Waals surface area (Å²) < 4.78 is 0. The molecule has 2 amide bonds. The summed E-state index contributed by atoms with van der Waals surface area (Å²) in [7, 11) is 4.17. The van der Waals surface area contributed by atoms with Gasteiger partial charge in [-0.05, 0) is 76.8 Å². The highest BCUT2D eigenvalue weighted by molar-refractivity contribution is 6.31. The number of carbonyl (C=O) groups excluding carboxylic acids is 2. The number of nitrogens with zero attached hydrogens (tertiary/aromatic N) is 4. The first-order valence-electron chi connectivity index (χ1n) is 11.2. The lowest BCUT2D eigenvalue weighted by Gasteiger charge is -2.29. The van der Waals surface area contributed by atoms with Crippen LogP contribution in [0.15, 0.2) is 36.5 Å². The standard InChI is InChI=1S/C24H30ClN5O2.ClH/c1-28(14-11-18-7-4-3-5-13-29(18)2)16-22(31)30-21-15-17(25)9-10-19(21)24(32)27-20-8-6-12-26-23(20)30;/h6,8-10,12,15,18H,3-5,7,11,13-14,16H2,1-2H3,(H,27,32);1H. The van der Waals surface area contributed by atoms with E-state index in [0.717, 1.165) is 19.5 Å². The summed E-state index contributed by atoms with van der Waals surface area (Å²) in [5.41, 5.74) is 1.35. The van der Waals surface area contributed by atoms with Gasteiger partial charge in [0.15, 0.2) is 5.82 Å². The van der Waals surface area contributed by atoms with Crippen molar-refractivity contribution in [1.29, 1.82) is 0 Å². The van der Waals surface area contributed by atoms with Gasteiger partial charge in [-0.15, -0.1) is 12.4 Å². The van der Waals surface area contributed by atoms with E-state index in [2.05, 4.69) is 22.2 Å². The molecule has 1 saturated heterocycles. The molecule has 1 atom stereocenters. The van der Waals surface area contributed by atoms with Crippen molar-refractivity contribution in [2.45, 2.75) is 38.1 Å². The number of halogens is 2. The SMILES string of the molecule is CN(CCC1CCCCCN1C)CC(=O)N1c2cc(Cl)ccc2C(=O)Nc2cccnc21.Cl. The minimum absolute atomic E-state index is 0. The lowest BCUT2D eigenvalue weighted by atomic mass is 10.1. The zero-order chi connectivity index (χ0) is 22.7. The van der Waals surface area contributed by atoms with Crippen molar-refractivity contribution < 1.29 is 9.59 Å². The number of anilines is 3. The molecule has 0 saturated carbocycles. The van der Waals surface area contributed by atoms with E-state index in [-0.39, 0.29) is 30.8 Å². The fourth-order valence-electron chi connectivity index (χ4n) is 4.55. The molecule has 9 heteroatoms. The number of likely N-dealkylation sites (N-methyl/N-ethyl adjacent to an activating group) is 1. The van der Waals surface area contributed by atoms with Crippen LogP contribution in [0.2, 0.25) is 5.02 Å². The van der Waals surface area contributed by atoms with Crippen LogP contribution in [0.5, 0.6) is 0 Å². The quantitative estimate of drug-likeness (QED) is 0.662. The minimum atomic E-state index is -0.286. The van der Waals surface area contributed by atoms with Gasteiger partial charge in [-0.2, -0.15) is 0 Å². The van der Waals surface area contributed by atoms with Crippen LogP contribution >= 0.6 is 24.0 Å². The molecule has 33 heavy (non-hydrogen) atoms. The molecular weight excluding hydrogens is 461 g/mol. The van der Waals surface area contributed by atoms with Crippen LogP contribution in [-0.2, 0) is 4.79 Å². The van der Waals surface area contributed by atoms with Crippen molar-refractivity contribution in [3.8, 4) is 0 Å². The Morgan fingerprint density at radius 2 is 2.09 bits per heavy atom. The molecule has 1 aromatic carbocycles. The lowest BCUT2D eigenvalue weighted by molar-refractivity contribution is -0.118. The number of hydrogen-bond acceptors (Lipinski definition) is 5. The third-order valence-corrected chi connectivity index (χ3v) is 6.60. The zero-order valence-electron chi connectivity index (χ0n) is 19.1. The maximum Gasteiger partial charge on any atom is 0.257 e. The second-order valence-corrected chi connectivity index (χ2v) is 9.17. The number of rotatable bonds is 5. The van der Waals surface area contributed by atoms with E-state index in [1.165, 1.54) is 30.6 Å². The number of likely N-dealkylation sites (tertiary alicyclic amines) is 1. The largest absolute Gasteiger partial charge is 0.319 e. The number of benzene rings is 1. The van der Waals surface area contributed by atoms with Crippen LogP contribution < -0.4 is 10.2 Å². The summed E-state index contributed by atoms with van der Waals surface area (Å²) in [6, 6.07) is 8.99. The molecule has 1 fully saturated rings. The van der Waals surface area contributed by atoms with Crippen LogP contribution in [0.25, 0.3) is 0 Å². The molecule has 2 aliphatic rings. The summed E-state index contributed by atoms with van der Waals surface area (Å²) in [6.07, 6.45) is 7.68. The molecule has 0 aliphatic carbocycles. The molecule has 0 radical (unpaired) electrons. The molecule has 2 aromatic rings. The predicted molar refractivity (Wildman–Crippen MR) is 135 cm³/mol. The number of carbonyl (C=O) groups is 2. The zero-order valence-corrected chi connectivity index (χ0v) is 20.7. The first kappa shape index (κ1) is 25.4. The number of aromatic nitrogens is 1. The molecule has 0 bridgehead atoms. The van der Waals surface area contributed by atoms with Crippen LogP contribution in [-0.4, -0.2) is 66.4 Å². The van der Waals surface area contributed by atoms with Crippen LogP contribution in [0.1, 0.15) is 42.5 Å². The fraction of sp³-hybridized carbons (Fsp3) is 0.458. The number of amides is 2. The average Bonchev–Trinajstić information content (AvgIpc) is 3.03. The van der Waals surface area contributed by atoms with Crippen LogP contribution in [0, 0.1) is 0 Å². The Bertz CT molecular complexity index is 1000. The second kappa shape index (κ2) is 11.3. The van der Waals surface area contributed by atoms with Crippen molar-refractivity contribution in [2.75, 3.05) is 43.9 Å². The van der Waals surface area contributed by atoms with Gasteiger partial charge >= 0.3 is 0 Å². The first-order valence-corrected chi connectivity index (χ1v) is 11.6. The van der Waals surface area contributed by atoms with E-state index in [0.29, 0.717) is 33.8 Å². The van der Waals surface area contributed by atoms with Crippen molar-refractivity contribution >= 4 is 53.0 Å². The molecule has 1 aromatic heterocycles. The Hall–Kier alpha value is -2.19. The van der Waals surface area contributed by atoms with E-state index in [1.54, 1.807) is 36.5 Å². The topological polar surface area (TPSA) is 68.8 Å². The molecule has 1 unspecified atom stereocenters. The Balaban J connectivity index is 0.00000306. The monoisotopic (exact) mass is 491 g/mol. The third-order valence-electron chi connectivity index (χ3n) is 6.36. The third kappa shape index (κ3) is 5.84. The second-order valence-electron chi connectivity index (χ2n) is 8.73. The summed E-state index contributed by atoms with van der Waals surface area (Å²) >= 11 is 6.24. The Labute approximate surface area is 206 Å². The van der Waals surface area contributed by atoms with Gasteiger partial charge in [0, 0.05) is 17.3 Å². The van der Waals surface area contributed by atoms with E-state index in [4.69, 9.17) is 11.6 Å². The van der Waals surface area contributed by atoms with Gasteiger partial charge in [0.05, 0.1) is 23.5 Å². The van der Waals surface area contributed by atoms with Gasteiger partial charge < -0.3 is 10.2 Å². The molecule has 0 spiro atoms. The summed E-state index contributed by atoms with van der Waals surface area (Å²) in [5, 5.41) is 3.31. The number of hydrogen-bond donors (Lipinski definition) is 1. The first-order chi connectivity index (χ1) is 15.4. The average molecular weight is 492 g/mol. The molecule has 7 nitrogen and oxygen atoms in total. The van der Waals surface area contributed by atoms with Crippen LogP contribution in [0.3, 0.4) is 0 Å². The molecule has 2 aliphatic heterocycles. The highest BCUT2D eigenvalue weighted by atomic mass is 35.5. The van der Waals surface area contributed by atoms with Crippen LogP contribution in [0.4, 0.5) is 17.2 Å². The molecular formula is C24H31Cl2N5O2. The Morgan fingerprint density at radius 3 is 2.91 bits per heavy atom. The van der Waals surface area contributed by atoms with Gasteiger partial charge in [0.1, 0.15) is 0 Å². The van der Waals surface area contributed by atoms with Gasteiger partial charge in [-0.25, -0.2) is 4.98 Å².